The van der Waals surface area contributed by atoms with E-state index in [-0.39, 0.29) is 18.6 Å². The third-order valence-corrected chi connectivity index (χ3v) is 5.39. The first-order valence-electron chi connectivity index (χ1n) is 9.22. The van der Waals surface area contributed by atoms with E-state index < -0.39 is 53.7 Å². The fourth-order valence-electron chi connectivity index (χ4n) is 2.40. The maximum absolute atomic E-state index is 12.3. The Morgan fingerprint density at radius 2 is 1.77 bits per heavy atom. The molecule has 1 aromatic rings. The average Bonchev–Trinajstić information content (AvgIpc) is 2.75. The van der Waals surface area contributed by atoms with E-state index in [4.69, 9.17) is 15.9 Å². The number of nitrogens with two attached hydrogens (primary N) is 1. The van der Waals surface area contributed by atoms with Crippen LogP contribution in [0.4, 0.5) is 0 Å². The second kappa shape index (κ2) is 13.4. The first kappa shape index (κ1) is 26.1. The van der Waals surface area contributed by atoms with E-state index >= 15 is 0 Å². The molecular formula is C19H25N3O8S. The van der Waals surface area contributed by atoms with Crippen molar-refractivity contribution >= 4 is 41.8 Å². The Hall–Kier alpha value is -2.96. The van der Waals surface area contributed by atoms with Crippen LogP contribution < -0.4 is 16.4 Å². The lowest BCUT2D eigenvalue weighted by Crippen LogP contribution is -2.50. The highest BCUT2D eigenvalue weighted by molar-refractivity contribution is 8.00. The predicted octanol–water partition coefficient (Wildman–Crippen LogP) is -1.10. The predicted molar refractivity (Wildman–Crippen MR) is 111 cm³/mol. The van der Waals surface area contributed by atoms with Crippen molar-refractivity contribution in [1.82, 2.24) is 10.6 Å². The molecule has 0 heterocycles. The number of benzene rings is 1. The molecule has 12 heteroatoms. The molecular weight excluding hydrogens is 430 g/mol. The second-order valence-electron chi connectivity index (χ2n) is 6.50. The Labute approximate surface area is 182 Å². The molecule has 1 rings (SSSR count). The third-order valence-electron chi connectivity index (χ3n) is 4.11. The second-order valence-corrected chi connectivity index (χ2v) is 7.72. The van der Waals surface area contributed by atoms with Crippen molar-refractivity contribution in [3.05, 3.63) is 35.9 Å². The van der Waals surface area contributed by atoms with Crippen molar-refractivity contribution < 1.29 is 39.3 Å². The van der Waals surface area contributed by atoms with E-state index in [0.29, 0.717) is 11.8 Å². The van der Waals surface area contributed by atoms with Crippen LogP contribution in [0.2, 0.25) is 0 Å². The number of carboxylic acids is 2. The maximum Gasteiger partial charge on any atom is 0.322 e. The van der Waals surface area contributed by atoms with Gasteiger partial charge in [-0.1, -0.05) is 30.3 Å². The summed E-state index contributed by atoms with van der Waals surface area (Å²) in [4.78, 5) is 57.3. The molecule has 0 bridgehead atoms. The van der Waals surface area contributed by atoms with Gasteiger partial charge in [-0.2, -0.15) is 0 Å². The maximum atomic E-state index is 12.3. The molecule has 4 atom stereocenters. The van der Waals surface area contributed by atoms with Crippen LogP contribution in [0.25, 0.3) is 0 Å². The minimum absolute atomic E-state index is 0.143. The summed E-state index contributed by atoms with van der Waals surface area (Å²) < 4.78 is 0. The number of hydrogen-bond donors (Lipinski definition) is 6. The smallest absolute Gasteiger partial charge is 0.322 e. The molecule has 0 spiro atoms. The summed E-state index contributed by atoms with van der Waals surface area (Å²) in [5, 5.41) is 31.5. The standard InChI is InChI=1S/C19H25N3O8S/c20-12(19(29)30)6-7-15(24)22-13(18(28)21-8-16(25)26)10-31-14(9-23)17(27)11-4-2-1-3-5-11/h1-5,9,12-14,17,27H,6-8,10,20H2,(H,21,28)(H,22,24)(H,25,26)(H,29,30). The summed E-state index contributed by atoms with van der Waals surface area (Å²) in [7, 11) is 0. The molecule has 0 aliphatic carbocycles. The van der Waals surface area contributed by atoms with Gasteiger partial charge in [-0.05, 0) is 12.0 Å². The number of hydrogen-bond acceptors (Lipinski definition) is 8. The normalized spacial score (nSPS) is 14.5. The highest BCUT2D eigenvalue weighted by Crippen LogP contribution is 2.25. The number of aliphatic hydroxyl groups is 1. The van der Waals surface area contributed by atoms with Gasteiger partial charge in [0.15, 0.2) is 0 Å². The van der Waals surface area contributed by atoms with Crippen molar-refractivity contribution in [2.45, 2.75) is 36.3 Å². The van der Waals surface area contributed by atoms with Gasteiger partial charge in [-0.25, -0.2) is 0 Å². The molecule has 0 saturated heterocycles. The van der Waals surface area contributed by atoms with E-state index in [1.807, 2.05) is 0 Å². The number of amides is 2. The van der Waals surface area contributed by atoms with Crippen molar-refractivity contribution in [2.75, 3.05) is 12.3 Å². The molecule has 2 amide bonds. The Bertz CT molecular complexity index is 777. The van der Waals surface area contributed by atoms with Crippen LogP contribution in [0.1, 0.15) is 24.5 Å². The fraction of sp³-hybridized carbons (Fsp3) is 0.421. The monoisotopic (exact) mass is 455 g/mol. The highest BCUT2D eigenvalue weighted by Gasteiger charge is 2.27. The van der Waals surface area contributed by atoms with Gasteiger partial charge >= 0.3 is 11.9 Å². The lowest BCUT2D eigenvalue weighted by Gasteiger charge is -2.22. The number of nitrogens with one attached hydrogen (secondary N) is 2. The number of aliphatic hydroxyl groups excluding tert-OH is 1. The van der Waals surface area contributed by atoms with Crippen LogP contribution in [-0.4, -0.2) is 75.0 Å². The van der Waals surface area contributed by atoms with E-state index in [2.05, 4.69) is 10.6 Å². The zero-order chi connectivity index (χ0) is 23.4. The zero-order valence-corrected chi connectivity index (χ0v) is 17.3. The Morgan fingerprint density at radius 3 is 2.32 bits per heavy atom. The Morgan fingerprint density at radius 1 is 1.13 bits per heavy atom. The van der Waals surface area contributed by atoms with Crippen LogP contribution in [0.5, 0.6) is 0 Å². The fourth-order valence-corrected chi connectivity index (χ4v) is 3.46. The van der Waals surface area contributed by atoms with Gasteiger partial charge in [-0.3, -0.25) is 19.2 Å². The molecule has 0 radical (unpaired) electrons. The quantitative estimate of drug-likeness (QED) is 0.187. The zero-order valence-electron chi connectivity index (χ0n) is 16.5. The van der Waals surface area contributed by atoms with E-state index in [0.717, 1.165) is 11.8 Å². The van der Waals surface area contributed by atoms with E-state index in [1.54, 1.807) is 30.3 Å². The summed E-state index contributed by atoms with van der Waals surface area (Å²) in [6.45, 7) is -0.677. The van der Waals surface area contributed by atoms with Crippen molar-refractivity contribution in [3.8, 4) is 0 Å². The van der Waals surface area contributed by atoms with Crippen LogP contribution in [0, 0.1) is 0 Å². The molecule has 0 aliphatic rings. The molecule has 0 aromatic heterocycles. The highest BCUT2D eigenvalue weighted by atomic mass is 32.2. The first-order valence-corrected chi connectivity index (χ1v) is 10.3. The molecule has 0 aliphatic heterocycles. The Kier molecular flexibility index (Phi) is 11.2. The van der Waals surface area contributed by atoms with E-state index in [9.17, 15) is 29.1 Å². The largest absolute Gasteiger partial charge is 0.480 e. The molecule has 1 aromatic carbocycles. The first-order chi connectivity index (χ1) is 14.6. The number of aliphatic carboxylic acids is 2. The molecule has 7 N–H and O–H groups in total. The Balaban J connectivity index is 2.79. The summed E-state index contributed by atoms with van der Waals surface area (Å²) in [5.74, 6) is -4.18. The molecule has 4 unspecified atom stereocenters. The summed E-state index contributed by atoms with van der Waals surface area (Å²) in [5.41, 5.74) is 5.84. The number of carbonyl (C=O) groups is 5. The molecule has 31 heavy (non-hydrogen) atoms. The van der Waals surface area contributed by atoms with Gasteiger partial charge in [0, 0.05) is 12.2 Å². The van der Waals surface area contributed by atoms with Crippen LogP contribution in [-0.2, 0) is 24.0 Å². The minimum atomic E-state index is -1.29. The van der Waals surface area contributed by atoms with Gasteiger partial charge in [0.05, 0.1) is 11.4 Å². The minimum Gasteiger partial charge on any atom is -0.480 e. The van der Waals surface area contributed by atoms with Gasteiger partial charge in [0.1, 0.15) is 24.9 Å². The van der Waals surface area contributed by atoms with Gasteiger partial charge in [0.25, 0.3) is 0 Å². The van der Waals surface area contributed by atoms with Crippen LogP contribution in [0.3, 0.4) is 0 Å². The van der Waals surface area contributed by atoms with Crippen molar-refractivity contribution in [3.63, 3.8) is 0 Å². The number of carboxylic acid groups (broad SMARTS) is 2. The summed E-state index contributed by atoms with van der Waals surface area (Å²) >= 11 is 0.907. The van der Waals surface area contributed by atoms with Gasteiger partial charge in [0.2, 0.25) is 11.8 Å². The molecule has 11 nitrogen and oxygen atoms in total. The average molecular weight is 455 g/mol. The van der Waals surface area contributed by atoms with Gasteiger partial charge < -0.3 is 36.5 Å². The number of rotatable bonds is 14. The lowest BCUT2D eigenvalue weighted by atomic mass is 10.1. The summed E-state index contributed by atoms with van der Waals surface area (Å²) in [6, 6.07) is 5.92. The third kappa shape index (κ3) is 9.59. The number of carbonyl (C=O) groups excluding carboxylic acids is 3. The van der Waals surface area contributed by atoms with Crippen LogP contribution in [0.15, 0.2) is 30.3 Å². The topological polar surface area (TPSA) is 196 Å². The van der Waals surface area contributed by atoms with Crippen molar-refractivity contribution in [1.29, 1.82) is 0 Å². The van der Waals surface area contributed by atoms with Gasteiger partial charge in [-0.15, -0.1) is 11.8 Å². The molecule has 0 saturated carbocycles. The SMILES string of the molecule is NC(CCC(=O)NC(CSC(C=O)C(O)c1ccccc1)C(=O)NCC(=O)O)C(=O)O. The van der Waals surface area contributed by atoms with E-state index in [1.165, 1.54) is 0 Å². The summed E-state index contributed by atoms with van der Waals surface area (Å²) in [6.07, 6.45) is -1.08. The van der Waals surface area contributed by atoms with Crippen molar-refractivity contribution in [2.24, 2.45) is 5.73 Å². The molecule has 0 fully saturated rings. The lowest BCUT2D eigenvalue weighted by molar-refractivity contribution is -0.139. The molecule has 170 valence electrons. The number of aldehydes is 1. The van der Waals surface area contributed by atoms with Crippen LogP contribution >= 0.6 is 11.8 Å². The number of thioether (sulfide) groups is 1.